The molecule has 29 heavy (non-hydrogen) atoms. The topological polar surface area (TPSA) is 79.5 Å². The van der Waals surface area contributed by atoms with Gasteiger partial charge in [0.2, 0.25) is 5.91 Å². The van der Waals surface area contributed by atoms with Crippen LogP contribution >= 0.6 is 0 Å². The number of aryl methyl sites for hydroxylation is 1. The van der Waals surface area contributed by atoms with E-state index in [2.05, 4.69) is 38.7 Å². The number of fused-ring (bicyclic) bond motifs is 1. The number of anilines is 2. The van der Waals surface area contributed by atoms with Crippen LogP contribution in [0.25, 0.3) is 16.8 Å². The van der Waals surface area contributed by atoms with Gasteiger partial charge in [-0.1, -0.05) is 6.92 Å². The number of pyridine rings is 1. The normalized spacial score (nSPS) is 19.3. The van der Waals surface area contributed by atoms with Gasteiger partial charge in [-0.25, -0.2) is 4.52 Å². The van der Waals surface area contributed by atoms with Crippen molar-refractivity contribution in [2.45, 2.75) is 32.2 Å². The zero-order valence-electron chi connectivity index (χ0n) is 16.9. The molecule has 1 aliphatic carbocycles. The van der Waals surface area contributed by atoms with E-state index in [0.717, 1.165) is 48.4 Å². The third-order valence-electron chi connectivity index (χ3n) is 6.08. The Morgan fingerprint density at radius 1 is 1.28 bits per heavy atom. The van der Waals surface area contributed by atoms with Gasteiger partial charge in [-0.2, -0.15) is 10.2 Å². The summed E-state index contributed by atoms with van der Waals surface area (Å²) in [6.07, 6.45) is 7.03. The van der Waals surface area contributed by atoms with Crippen LogP contribution in [-0.2, 0) is 11.8 Å². The molecule has 152 valence electrons. The fraction of sp³-hybridized carbons (Fsp3) is 0.476. The van der Waals surface area contributed by atoms with Crippen molar-refractivity contribution in [1.82, 2.24) is 24.3 Å². The number of hydrogen-bond donors (Lipinski definition) is 2. The van der Waals surface area contributed by atoms with Crippen molar-refractivity contribution < 1.29 is 4.79 Å². The molecule has 8 nitrogen and oxygen atoms in total. The maximum absolute atomic E-state index is 12.0. The smallest absolute Gasteiger partial charge is 0.228 e. The highest BCUT2D eigenvalue weighted by Gasteiger charge is 2.30. The first kappa shape index (κ1) is 18.2. The van der Waals surface area contributed by atoms with Gasteiger partial charge >= 0.3 is 0 Å². The highest BCUT2D eigenvalue weighted by molar-refractivity contribution is 5.93. The number of aromatic nitrogens is 4. The second kappa shape index (κ2) is 7.18. The van der Waals surface area contributed by atoms with Crippen LogP contribution in [0, 0.1) is 5.92 Å². The highest BCUT2D eigenvalue weighted by atomic mass is 16.2. The lowest BCUT2D eigenvalue weighted by atomic mass is 10.0. The largest absolute Gasteiger partial charge is 0.380 e. The summed E-state index contributed by atoms with van der Waals surface area (Å²) in [6.45, 7) is 5.44. The molecule has 0 unspecified atom stereocenters. The lowest BCUT2D eigenvalue weighted by molar-refractivity contribution is -0.117. The molecule has 4 heterocycles. The lowest BCUT2D eigenvalue weighted by Gasteiger charge is -2.40. The van der Waals surface area contributed by atoms with Crippen molar-refractivity contribution in [3.05, 3.63) is 30.6 Å². The van der Waals surface area contributed by atoms with E-state index < -0.39 is 0 Å². The Morgan fingerprint density at radius 2 is 2.14 bits per heavy atom. The number of hydrogen-bond acceptors (Lipinski definition) is 5. The van der Waals surface area contributed by atoms with E-state index >= 15 is 0 Å². The van der Waals surface area contributed by atoms with Gasteiger partial charge < -0.3 is 10.6 Å². The number of nitrogens with one attached hydrogen (secondary N) is 2. The molecule has 5 rings (SSSR count). The lowest BCUT2D eigenvalue weighted by Crippen LogP contribution is -2.50. The molecule has 1 atom stereocenters. The van der Waals surface area contributed by atoms with Gasteiger partial charge in [0, 0.05) is 49.9 Å². The maximum atomic E-state index is 12.0. The van der Waals surface area contributed by atoms with Crippen LogP contribution in [0.15, 0.2) is 30.6 Å². The molecule has 0 spiro atoms. The first-order chi connectivity index (χ1) is 14.1. The molecule has 0 aromatic carbocycles. The Kier molecular flexibility index (Phi) is 4.50. The minimum Gasteiger partial charge on any atom is -0.380 e. The van der Waals surface area contributed by atoms with Gasteiger partial charge in [-0.05, 0) is 37.9 Å². The van der Waals surface area contributed by atoms with Crippen LogP contribution in [0.5, 0.6) is 0 Å². The third-order valence-corrected chi connectivity index (χ3v) is 6.08. The van der Waals surface area contributed by atoms with E-state index in [4.69, 9.17) is 0 Å². The van der Waals surface area contributed by atoms with Crippen molar-refractivity contribution in [1.29, 1.82) is 0 Å². The molecule has 3 aromatic heterocycles. The average Bonchev–Trinajstić information content (AvgIpc) is 3.37. The summed E-state index contributed by atoms with van der Waals surface area (Å²) in [4.78, 5) is 14.5. The standard InChI is InChI=1S/C21H27N7O/c1-3-27-8-7-16(27)12-22-18-13-23-26(2)20(18)15-6-9-28-17(10-15)11-19(25-28)24-21(29)14-4-5-14/h6,9-11,13-14,16,22H,3-5,7-8,12H2,1-2H3,(H,24,25,29)/t16-/m1/s1. The summed E-state index contributed by atoms with van der Waals surface area (Å²) in [6, 6.07) is 6.64. The number of likely N-dealkylation sites (tertiary alicyclic amines) is 1. The van der Waals surface area contributed by atoms with Crippen LogP contribution in [-0.4, -0.2) is 55.9 Å². The van der Waals surface area contributed by atoms with Crippen molar-refractivity contribution in [3.8, 4) is 11.3 Å². The van der Waals surface area contributed by atoms with E-state index in [-0.39, 0.29) is 11.8 Å². The maximum Gasteiger partial charge on any atom is 0.228 e. The minimum absolute atomic E-state index is 0.0730. The molecule has 1 saturated carbocycles. The van der Waals surface area contributed by atoms with Crippen LogP contribution in [0.4, 0.5) is 11.5 Å². The summed E-state index contributed by atoms with van der Waals surface area (Å²) < 4.78 is 3.70. The molecule has 2 aliphatic rings. The quantitative estimate of drug-likeness (QED) is 0.645. The van der Waals surface area contributed by atoms with Gasteiger partial charge in [0.1, 0.15) is 0 Å². The molecule has 0 bridgehead atoms. The summed E-state index contributed by atoms with van der Waals surface area (Å²) in [5, 5.41) is 15.4. The molecule has 2 fully saturated rings. The van der Waals surface area contributed by atoms with Gasteiger partial charge in [0.05, 0.1) is 23.1 Å². The fourth-order valence-corrected chi connectivity index (χ4v) is 4.06. The molecular weight excluding hydrogens is 366 g/mol. The van der Waals surface area contributed by atoms with Crippen molar-refractivity contribution in [2.75, 3.05) is 30.3 Å². The van der Waals surface area contributed by atoms with Crippen LogP contribution in [0.2, 0.25) is 0 Å². The predicted octanol–water partition coefficient (Wildman–Crippen LogP) is 2.59. The van der Waals surface area contributed by atoms with Crippen molar-refractivity contribution >= 4 is 22.9 Å². The Balaban J connectivity index is 1.37. The molecule has 8 heteroatoms. The van der Waals surface area contributed by atoms with Gasteiger partial charge in [0.25, 0.3) is 0 Å². The van der Waals surface area contributed by atoms with Gasteiger partial charge in [0.15, 0.2) is 5.82 Å². The zero-order chi connectivity index (χ0) is 20.0. The SMILES string of the molecule is CCN1CC[C@@H]1CNc1cnn(C)c1-c1ccn2nc(NC(=O)C3CC3)cc2c1. The van der Waals surface area contributed by atoms with Crippen LogP contribution < -0.4 is 10.6 Å². The molecule has 2 N–H and O–H groups in total. The highest BCUT2D eigenvalue weighted by Crippen LogP contribution is 2.31. The molecule has 0 radical (unpaired) electrons. The van der Waals surface area contributed by atoms with E-state index in [1.54, 1.807) is 4.52 Å². The summed E-state index contributed by atoms with van der Waals surface area (Å²) in [7, 11) is 1.96. The second-order valence-electron chi connectivity index (χ2n) is 8.06. The Hall–Kier alpha value is -2.87. The monoisotopic (exact) mass is 393 g/mol. The molecule has 3 aromatic rings. The Morgan fingerprint density at radius 3 is 2.86 bits per heavy atom. The molecule has 1 amide bonds. The Bertz CT molecular complexity index is 1050. The zero-order valence-corrected chi connectivity index (χ0v) is 16.9. The first-order valence-electron chi connectivity index (χ1n) is 10.4. The van der Waals surface area contributed by atoms with Crippen molar-refractivity contribution in [2.24, 2.45) is 13.0 Å². The predicted molar refractivity (Wildman–Crippen MR) is 113 cm³/mol. The van der Waals surface area contributed by atoms with Gasteiger partial charge in [-0.15, -0.1) is 0 Å². The number of amides is 1. The number of carbonyl (C=O) groups is 1. The first-order valence-corrected chi connectivity index (χ1v) is 10.4. The molecular formula is C21H27N7O. The minimum atomic E-state index is 0.0730. The number of carbonyl (C=O) groups excluding carboxylic acids is 1. The van der Waals surface area contributed by atoms with E-state index in [9.17, 15) is 4.79 Å². The van der Waals surface area contributed by atoms with E-state index in [1.165, 1.54) is 13.0 Å². The van der Waals surface area contributed by atoms with E-state index in [0.29, 0.717) is 11.9 Å². The number of nitrogens with zero attached hydrogens (tertiary/aromatic N) is 5. The third kappa shape index (κ3) is 3.48. The number of likely N-dealkylation sites (N-methyl/N-ethyl adjacent to an activating group) is 1. The average molecular weight is 393 g/mol. The van der Waals surface area contributed by atoms with E-state index in [1.807, 2.05) is 36.3 Å². The second-order valence-corrected chi connectivity index (χ2v) is 8.06. The van der Waals surface area contributed by atoms with Crippen LogP contribution in [0.1, 0.15) is 26.2 Å². The van der Waals surface area contributed by atoms with Gasteiger partial charge in [-0.3, -0.25) is 14.4 Å². The number of rotatable bonds is 7. The molecule has 1 saturated heterocycles. The molecule has 1 aliphatic heterocycles. The van der Waals surface area contributed by atoms with Crippen molar-refractivity contribution in [3.63, 3.8) is 0 Å². The summed E-state index contributed by atoms with van der Waals surface area (Å²) >= 11 is 0. The Labute approximate surface area is 169 Å². The summed E-state index contributed by atoms with van der Waals surface area (Å²) in [5.41, 5.74) is 4.11. The van der Waals surface area contributed by atoms with Crippen LogP contribution in [0.3, 0.4) is 0 Å². The fourth-order valence-electron chi connectivity index (χ4n) is 4.06. The summed E-state index contributed by atoms with van der Waals surface area (Å²) in [5.74, 6) is 0.841.